The van der Waals surface area contributed by atoms with Crippen LogP contribution in [0.4, 0.5) is 0 Å². The minimum atomic E-state index is 0.415. The SMILES string of the molecule is Cc1cnc(C(C)NC2CCCCC2C2CCCCC2)s1. The maximum absolute atomic E-state index is 4.57. The summed E-state index contributed by atoms with van der Waals surface area (Å²) in [6.07, 6.45) is 15.1. The lowest BCUT2D eigenvalue weighted by Gasteiger charge is -2.40. The lowest BCUT2D eigenvalue weighted by molar-refractivity contribution is 0.143. The molecular formula is C18H30N2S. The Morgan fingerprint density at radius 2 is 1.81 bits per heavy atom. The molecule has 2 fully saturated rings. The Bertz CT molecular complexity index is 436. The van der Waals surface area contributed by atoms with Gasteiger partial charge in [0, 0.05) is 17.1 Å². The quantitative estimate of drug-likeness (QED) is 0.822. The molecule has 2 saturated carbocycles. The first kappa shape index (κ1) is 15.5. The molecule has 0 aliphatic heterocycles. The van der Waals surface area contributed by atoms with E-state index < -0.39 is 0 Å². The lowest BCUT2D eigenvalue weighted by atomic mass is 9.71. The summed E-state index contributed by atoms with van der Waals surface area (Å²) in [6.45, 7) is 4.45. The van der Waals surface area contributed by atoms with Crippen molar-refractivity contribution in [2.75, 3.05) is 0 Å². The molecule has 118 valence electrons. The summed E-state index contributed by atoms with van der Waals surface area (Å²) >= 11 is 1.85. The highest BCUT2D eigenvalue weighted by atomic mass is 32.1. The van der Waals surface area contributed by atoms with Gasteiger partial charge in [-0.3, -0.25) is 0 Å². The zero-order valence-electron chi connectivity index (χ0n) is 13.6. The molecule has 3 unspecified atom stereocenters. The largest absolute Gasteiger partial charge is 0.305 e. The summed E-state index contributed by atoms with van der Waals surface area (Å²) in [6, 6.07) is 1.14. The molecule has 1 aromatic rings. The van der Waals surface area contributed by atoms with Crippen molar-refractivity contribution in [3.63, 3.8) is 0 Å². The van der Waals surface area contributed by atoms with E-state index in [1.54, 1.807) is 0 Å². The molecule has 2 nitrogen and oxygen atoms in total. The first-order valence-electron chi connectivity index (χ1n) is 8.92. The van der Waals surface area contributed by atoms with Gasteiger partial charge in [-0.25, -0.2) is 4.98 Å². The van der Waals surface area contributed by atoms with Crippen molar-refractivity contribution in [1.82, 2.24) is 10.3 Å². The third-order valence-corrected chi connectivity index (χ3v) is 6.64. The van der Waals surface area contributed by atoms with Crippen LogP contribution >= 0.6 is 11.3 Å². The van der Waals surface area contributed by atoms with Gasteiger partial charge in [-0.1, -0.05) is 44.9 Å². The fourth-order valence-electron chi connectivity index (χ4n) is 4.46. The monoisotopic (exact) mass is 306 g/mol. The van der Waals surface area contributed by atoms with Gasteiger partial charge in [0.15, 0.2) is 0 Å². The zero-order chi connectivity index (χ0) is 14.7. The number of hydrogen-bond acceptors (Lipinski definition) is 3. The summed E-state index contributed by atoms with van der Waals surface area (Å²) in [4.78, 5) is 5.90. The van der Waals surface area contributed by atoms with Gasteiger partial charge in [0.1, 0.15) is 5.01 Å². The van der Waals surface area contributed by atoms with E-state index in [-0.39, 0.29) is 0 Å². The van der Waals surface area contributed by atoms with Gasteiger partial charge < -0.3 is 5.32 Å². The van der Waals surface area contributed by atoms with Crippen molar-refractivity contribution in [3.8, 4) is 0 Å². The van der Waals surface area contributed by atoms with Crippen molar-refractivity contribution in [3.05, 3.63) is 16.1 Å². The van der Waals surface area contributed by atoms with Crippen molar-refractivity contribution in [2.45, 2.75) is 83.7 Å². The van der Waals surface area contributed by atoms with E-state index in [9.17, 15) is 0 Å². The van der Waals surface area contributed by atoms with Crippen molar-refractivity contribution < 1.29 is 0 Å². The summed E-state index contributed by atoms with van der Waals surface area (Å²) in [7, 11) is 0. The van der Waals surface area contributed by atoms with Gasteiger partial charge >= 0.3 is 0 Å². The number of aryl methyl sites for hydroxylation is 1. The highest BCUT2D eigenvalue weighted by molar-refractivity contribution is 7.11. The number of thiazole rings is 1. The van der Waals surface area contributed by atoms with Crippen LogP contribution in [0, 0.1) is 18.8 Å². The molecule has 1 heterocycles. The maximum Gasteiger partial charge on any atom is 0.109 e. The molecule has 2 aliphatic carbocycles. The minimum Gasteiger partial charge on any atom is -0.305 e. The second kappa shape index (κ2) is 7.23. The Morgan fingerprint density at radius 1 is 1.10 bits per heavy atom. The van der Waals surface area contributed by atoms with Crippen LogP contribution in [0.5, 0.6) is 0 Å². The van der Waals surface area contributed by atoms with Gasteiger partial charge in [0.05, 0.1) is 6.04 Å². The number of nitrogens with one attached hydrogen (secondary N) is 1. The third-order valence-electron chi connectivity index (χ3n) is 5.55. The molecule has 0 radical (unpaired) electrons. The summed E-state index contributed by atoms with van der Waals surface area (Å²) in [5.74, 6) is 1.91. The molecule has 3 rings (SSSR count). The predicted octanol–water partition coefficient (Wildman–Crippen LogP) is 5.24. The topological polar surface area (TPSA) is 24.9 Å². The van der Waals surface area contributed by atoms with Gasteiger partial charge in [0.2, 0.25) is 0 Å². The smallest absolute Gasteiger partial charge is 0.109 e. The molecule has 0 bridgehead atoms. The van der Waals surface area contributed by atoms with Crippen LogP contribution in [0.3, 0.4) is 0 Å². The minimum absolute atomic E-state index is 0.415. The van der Waals surface area contributed by atoms with Crippen LogP contribution in [0.25, 0.3) is 0 Å². The van der Waals surface area contributed by atoms with Crippen molar-refractivity contribution in [2.24, 2.45) is 11.8 Å². The average molecular weight is 307 g/mol. The second-order valence-electron chi connectivity index (χ2n) is 7.15. The van der Waals surface area contributed by atoms with E-state index >= 15 is 0 Å². The second-order valence-corrected chi connectivity index (χ2v) is 8.42. The van der Waals surface area contributed by atoms with E-state index in [0.717, 1.165) is 17.9 Å². The van der Waals surface area contributed by atoms with Crippen molar-refractivity contribution in [1.29, 1.82) is 0 Å². The van der Waals surface area contributed by atoms with Crippen LogP contribution in [0.15, 0.2) is 6.20 Å². The Kier molecular flexibility index (Phi) is 5.33. The Labute approximate surface area is 133 Å². The maximum atomic E-state index is 4.57. The molecule has 1 aromatic heterocycles. The van der Waals surface area contributed by atoms with Crippen LogP contribution < -0.4 is 5.32 Å². The molecule has 2 aliphatic rings. The van der Waals surface area contributed by atoms with E-state index in [1.807, 2.05) is 17.5 Å². The zero-order valence-corrected chi connectivity index (χ0v) is 14.4. The number of rotatable bonds is 4. The summed E-state index contributed by atoms with van der Waals surface area (Å²) < 4.78 is 0. The lowest BCUT2D eigenvalue weighted by Crippen LogP contribution is -2.43. The normalized spacial score (nSPS) is 29.4. The number of hydrogen-bond donors (Lipinski definition) is 1. The van der Waals surface area contributed by atoms with Gasteiger partial charge in [-0.15, -0.1) is 11.3 Å². The molecule has 0 spiro atoms. The fourth-order valence-corrected chi connectivity index (χ4v) is 5.24. The fraction of sp³-hybridized carbons (Fsp3) is 0.833. The molecule has 3 atom stereocenters. The van der Waals surface area contributed by atoms with E-state index in [4.69, 9.17) is 0 Å². The first-order chi connectivity index (χ1) is 10.2. The van der Waals surface area contributed by atoms with Crippen LogP contribution in [0.1, 0.15) is 80.6 Å². The molecular weight excluding hydrogens is 276 g/mol. The molecule has 3 heteroatoms. The third kappa shape index (κ3) is 3.87. The highest BCUT2D eigenvalue weighted by Crippen LogP contribution is 2.39. The Balaban J connectivity index is 1.63. The highest BCUT2D eigenvalue weighted by Gasteiger charge is 2.33. The van der Waals surface area contributed by atoms with E-state index in [1.165, 1.54) is 67.7 Å². The van der Waals surface area contributed by atoms with Crippen LogP contribution in [0.2, 0.25) is 0 Å². The Hall–Kier alpha value is -0.410. The van der Waals surface area contributed by atoms with E-state index in [2.05, 4.69) is 24.1 Å². The molecule has 0 amide bonds. The van der Waals surface area contributed by atoms with Gasteiger partial charge in [-0.2, -0.15) is 0 Å². The van der Waals surface area contributed by atoms with Crippen molar-refractivity contribution >= 4 is 11.3 Å². The number of nitrogens with zero attached hydrogens (tertiary/aromatic N) is 1. The molecule has 21 heavy (non-hydrogen) atoms. The molecule has 1 N–H and O–H groups in total. The van der Waals surface area contributed by atoms with Crippen LogP contribution in [-0.2, 0) is 0 Å². The van der Waals surface area contributed by atoms with Gasteiger partial charge in [-0.05, 0) is 38.5 Å². The first-order valence-corrected chi connectivity index (χ1v) is 9.74. The molecule has 0 saturated heterocycles. The molecule has 0 aromatic carbocycles. The predicted molar refractivity (Wildman–Crippen MR) is 90.7 cm³/mol. The van der Waals surface area contributed by atoms with E-state index in [0.29, 0.717) is 6.04 Å². The van der Waals surface area contributed by atoms with Gasteiger partial charge in [0.25, 0.3) is 0 Å². The Morgan fingerprint density at radius 3 is 2.52 bits per heavy atom. The summed E-state index contributed by atoms with van der Waals surface area (Å²) in [5.41, 5.74) is 0. The van der Waals surface area contributed by atoms with Crippen LogP contribution in [-0.4, -0.2) is 11.0 Å². The summed E-state index contributed by atoms with van der Waals surface area (Å²) in [5, 5.41) is 5.21. The number of aromatic nitrogens is 1. The standard InChI is InChI=1S/C18H30N2S/c1-13-12-19-18(21-13)14(2)20-17-11-7-6-10-16(17)15-8-4-3-5-9-15/h12,14-17,20H,3-11H2,1-2H3. The average Bonchev–Trinajstić information content (AvgIpc) is 2.95.